The summed E-state index contributed by atoms with van der Waals surface area (Å²) in [4.78, 5) is 22.5. The zero-order valence-electron chi connectivity index (χ0n) is 10.9. The van der Waals surface area contributed by atoms with Crippen molar-refractivity contribution in [2.24, 2.45) is 7.05 Å². The van der Waals surface area contributed by atoms with Crippen LogP contribution >= 0.6 is 0 Å². The molecular weight excluding hydrogens is 242 g/mol. The zero-order chi connectivity index (χ0) is 13.8. The monoisotopic (exact) mass is 257 g/mol. The van der Waals surface area contributed by atoms with Crippen LogP contribution in [0.4, 0.5) is 5.69 Å². The Balaban J connectivity index is 2.24. The molecular formula is C14H15N3O2. The number of aromatic nitrogens is 2. The molecule has 19 heavy (non-hydrogen) atoms. The van der Waals surface area contributed by atoms with Gasteiger partial charge in [0.15, 0.2) is 0 Å². The molecule has 1 amide bonds. The summed E-state index contributed by atoms with van der Waals surface area (Å²) in [6.45, 7) is 1.80. The second kappa shape index (κ2) is 5.48. The Morgan fingerprint density at radius 3 is 2.47 bits per heavy atom. The van der Waals surface area contributed by atoms with Crippen LogP contribution < -0.4 is 10.9 Å². The van der Waals surface area contributed by atoms with Crippen molar-refractivity contribution in [3.63, 3.8) is 0 Å². The van der Waals surface area contributed by atoms with Crippen LogP contribution in [0.2, 0.25) is 0 Å². The number of aryl methyl sites for hydroxylation is 1. The van der Waals surface area contributed by atoms with Gasteiger partial charge in [0.2, 0.25) is 5.91 Å². The fourth-order valence-electron chi connectivity index (χ4n) is 1.63. The average Bonchev–Trinajstić information content (AvgIpc) is 2.42. The van der Waals surface area contributed by atoms with E-state index in [-0.39, 0.29) is 11.5 Å². The summed E-state index contributed by atoms with van der Waals surface area (Å²) in [5.74, 6) is -0.0204. The topological polar surface area (TPSA) is 64.0 Å². The molecule has 1 aromatic heterocycles. The van der Waals surface area contributed by atoms with E-state index in [1.165, 1.54) is 10.7 Å². The van der Waals surface area contributed by atoms with E-state index >= 15 is 0 Å². The number of amides is 1. The summed E-state index contributed by atoms with van der Waals surface area (Å²) in [5.41, 5.74) is 2.22. The Morgan fingerprint density at radius 2 is 1.89 bits per heavy atom. The zero-order valence-corrected chi connectivity index (χ0v) is 10.9. The van der Waals surface area contributed by atoms with Crippen LogP contribution in [0.15, 0.2) is 41.2 Å². The molecule has 1 N–H and O–H groups in total. The Kier molecular flexibility index (Phi) is 3.75. The van der Waals surface area contributed by atoms with E-state index in [1.54, 1.807) is 20.0 Å². The van der Waals surface area contributed by atoms with Gasteiger partial charge in [-0.3, -0.25) is 9.59 Å². The highest BCUT2D eigenvalue weighted by Gasteiger charge is 2.03. The van der Waals surface area contributed by atoms with Gasteiger partial charge in [-0.2, -0.15) is 5.10 Å². The lowest BCUT2D eigenvalue weighted by Crippen LogP contribution is -2.18. The largest absolute Gasteiger partial charge is 0.326 e. The molecule has 0 fully saturated rings. The number of hydrogen-bond donors (Lipinski definition) is 1. The third-order valence-electron chi connectivity index (χ3n) is 2.75. The number of anilines is 1. The molecule has 5 nitrogen and oxygen atoms in total. The molecule has 0 radical (unpaired) electrons. The van der Waals surface area contributed by atoms with Crippen LogP contribution in [0.25, 0.3) is 11.3 Å². The van der Waals surface area contributed by atoms with E-state index in [4.69, 9.17) is 0 Å². The van der Waals surface area contributed by atoms with Crippen LogP contribution in [-0.4, -0.2) is 15.7 Å². The number of benzene rings is 1. The fraction of sp³-hybridized carbons (Fsp3) is 0.214. The van der Waals surface area contributed by atoms with Crippen LogP contribution in [0, 0.1) is 0 Å². The minimum atomic E-state index is -0.143. The highest BCUT2D eigenvalue weighted by Crippen LogP contribution is 2.18. The first-order valence-electron chi connectivity index (χ1n) is 6.05. The van der Waals surface area contributed by atoms with E-state index in [0.717, 1.165) is 16.9 Å². The van der Waals surface area contributed by atoms with Gasteiger partial charge < -0.3 is 5.32 Å². The summed E-state index contributed by atoms with van der Waals surface area (Å²) in [7, 11) is 1.61. The predicted octanol–water partition coefficient (Wildman–Crippen LogP) is 1.80. The molecule has 98 valence electrons. The Morgan fingerprint density at radius 1 is 1.21 bits per heavy atom. The van der Waals surface area contributed by atoms with Crippen molar-refractivity contribution in [3.05, 3.63) is 46.8 Å². The smallest absolute Gasteiger partial charge is 0.266 e. The Bertz CT molecular complexity index is 644. The maximum atomic E-state index is 11.3. The molecule has 0 saturated carbocycles. The van der Waals surface area contributed by atoms with E-state index in [2.05, 4.69) is 10.4 Å². The third kappa shape index (κ3) is 3.07. The molecule has 0 aliphatic carbocycles. The molecule has 0 atom stereocenters. The van der Waals surface area contributed by atoms with Crippen molar-refractivity contribution in [1.29, 1.82) is 0 Å². The molecule has 2 aromatic rings. The first-order chi connectivity index (χ1) is 9.10. The molecule has 0 spiro atoms. The highest BCUT2D eigenvalue weighted by atomic mass is 16.1. The number of nitrogens with zero attached hydrogens (tertiary/aromatic N) is 2. The molecule has 0 aliphatic rings. The van der Waals surface area contributed by atoms with Gasteiger partial charge in [0.05, 0.1) is 5.69 Å². The van der Waals surface area contributed by atoms with Gasteiger partial charge in [-0.15, -0.1) is 0 Å². The van der Waals surface area contributed by atoms with Crippen LogP contribution in [0.1, 0.15) is 13.3 Å². The lowest BCUT2D eigenvalue weighted by Gasteiger charge is -2.06. The van der Waals surface area contributed by atoms with Crippen molar-refractivity contribution in [2.45, 2.75) is 13.3 Å². The van der Waals surface area contributed by atoms with E-state index < -0.39 is 0 Å². The van der Waals surface area contributed by atoms with Crippen molar-refractivity contribution in [3.8, 4) is 11.3 Å². The standard InChI is InChI=1S/C14H15N3O2/c1-3-13(18)15-11-6-4-10(5-7-11)12-8-9-14(19)17(2)16-12/h4-9H,3H2,1-2H3,(H,15,18). The van der Waals surface area contributed by atoms with Crippen LogP contribution in [0.5, 0.6) is 0 Å². The van der Waals surface area contributed by atoms with E-state index in [1.807, 2.05) is 24.3 Å². The van der Waals surface area contributed by atoms with Gasteiger partial charge in [0.1, 0.15) is 0 Å². The maximum Gasteiger partial charge on any atom is 0.266 e. The van der Waals surface area contributed by atoms with Crippen molar-refractivity contribution in [1.82, 2.24) is 9.78 Å². The van der Waals surface area contributed by atoms with E-state index in [9.17, 15) is 9.59 Å². The molecule has 0 aliphatic heterocycles. The number of nitrogens with one attached hydrogen (secondary N) is 1. The highest BCUT2D eigenvalue weighted by molar-refractivity contribution is 5.90. The second-order valence-electron chi connectivity index (χ2n) is 4.16. The third-order valence-corrected chi connectivity index (χ3v) is 2.75. The van der Waals surface area contributed by atoms with Crippen molar-refractivity contribution in [2.75, 3.05) is 5.32 Å². The number of carbonyl (C=O) groups excluding carboxylic acids is 1. The fourth-order valence-corrected chi connectivity index (χ4v) is 1.63. The van der Waals surface area contributed by atoms with Crippen LogP contribution in [0.3, 0.4) is 0 Å². The van der Waals surface area contributed by atoms with Crippen molar-refractivity contribution < 1.29 is 4.79 Å². The Labute approximate surface area is 110 Å². The quantitative estimate of drug-likeness (QED) is 0.911. The second-order valence-corrected chi connectivity index (χ2v) is 4.16. The number of hydrogen-bond acceptors (Lipinski definition) is 3. The average molecular weight is 257 g/mol. The lowest BCUT2D eigenvalue weighted by atomic mass is 10.1. The van der Waals surface area contributed by atoms with Crippen molar-refractivity contribution >= 4 is 11.6 Å². The molecule has 1 heterocycles. The first-order valence-corrected chi connectivity index (χ1v) is 6.05. The lowest BCUT2D eigenvalue weighted by molar-refractivity contribution is -0.115. The molecule has 0 bridgehead atoms. The van der Waals surface area contributed by atoms with Gasteiger partial charge in [-0.05, 0) is 18.2 Å². The molecule has 0 saturated heterocycles. The summed E-state index contributed by atoms with van der Waals surface area (Å²) in [6.07, 6.45) is 0.449. The number of rotatable bonds is 3. The van der Waals surface area contributed by atoms with Gasteiger partial charge in [-0.25, -0.2) is 4.68 Å². The summed E-state index contributed by atoms with van der Waals surface area (Å²) in [5, 5.41) is 6.94. The van der Waals surface area contributed by atoms with Gasteiger partial charge in [0.25, 0.3) is 5.56 Å². The van der Waals surface area contributed by atoms with Gasteiger partial charge in [-0.1, -0.05) is 19.1 Å². The van der Waals surface area contributed by atoms with E-state index in [0.29, 0.717) is 6.42 Å². The first kappa shape index (κ1) is 13.0. The summed E-state index contributed by atoms with van der Waals surface area (Å²) >= 11 is 0. The summed E-state index contributed by atoms with van der Waals surface area (Å²) < 4.78 is 1.29. The minimum absolute atomic E-state index is 0.0204. The molecule has 2 rings (SSSR count). The number of carbonyl (C=O) groups is 1. The minimum Gasteiger partial charge on any atom is -0.326 e. The van der Waals surface area contributed by atoms with Gasteiger partial charge >= 0.3 is 0 Å². The normalized spacial score (nSPS) is 10.2. The van der Waals surface area contributed by atoms with Crippen LogP contribution in [-0.2, 0) is 11.8 Å². The predicted molar refractivity (Wildman–Crippen MR) is 73.8 cm³/mol. The Hall–Kier alpha value is -2.43. The molecule has 0 unspecified atom stereocenters. The SMILES string of the molecule is CCC(=O)Nc1ccc(-c2ccc(=O)n(C)n2)cc1. The maximum absolute atomic E-state index is 11.3. The summed E-state index contributed by atoms with van der Waals surface area (Å²) in [6, 6.07) is 10.5. The molecule has 1 aromatic carbocycles. The molecule has 5 heteroatoms. The van der Waals surface area contributed by atoms with Gasteiger partial charge in [0, 0.05) is 30.8 Å².